The molecule has 266 valence electrons. The maximum absolute atomic E-state index is 12.3. The Morgan fingerprint density at radius 2 is 1.14 bits per heavy atom. The second kappa shape index (κ2) is 16.2. The molecular weight excluding hydrogens is 758 g/mol. The zero-order chi connectivity index (χ0) is 37.1. The van der Waals surface area contributed by atoms with E-state index in [1.807, 2.05) is 27.7 Å². The Balaban J connectivity index is 0.000000198. The number of halogens is 5. The summed E-state index contributed by atoms with van der Waals surface area (Å²) in [6.07, 6.45) is 4.78. The van der Waals surface area contributed by atoms with Crippen LogP contribution in [0.4, 0.5) is 0 Å². The van der Waals surface area contributed by atoms with E-state index in [9.17, 15) is 9.59 Å². The molecule has 6 rings (SSSR count). The molecule has 0 radical (unpaired) electrons. The number of esters is 2. The van der Waals surface area contributed by atoms with Gasteiger partial charge in [-0.3, -0.25) is 0 Å². The van der Waals surface area contributed by atoms with E-state index in [1.165, 1.54) is 16.9 Å². The predicted octanol–water partition coefficient (Wildman–Crippen LogP) is 10.7. The molecule has 2 aromatic carbocycles. The second-order valence-electron chi connectivity index (χ2n) is 11.9. The molecule has 0 amide bonds. The highest BCUT2D eigenvalue weighted by atomic mass is 35.5. The summed E-state index contributed by atoms with van der Waals surface area (Å²) in [6, 6.07) is 10.3. The molecule has 4 heterocycles. The van der Waals surface area contributed by atoms with Crippen molar-refractivity contribution >= 4 is 81.2 Å². The van der Waals surface area contributed by atoms with Crippen molar-refractivity contribution in [3.8, 4) is 22.5 Å². The molecular formula is C36H33Cl5N6O4. The molecule has 0 aliphatic carbocycles. The Morgan fingerprint density at radius 1 is 0.667 bits per heavy atom. The monoisotopic (exact) mass is 788 g/mol. The SMILES string of the molecule is CCOC(=O)c1cnn2c(Cl)c(-c3cc(Cl)cc(Cl)c3)nc2c1C(C)C.CCOC(=O)c1cnn2cc(-c3cc(Cl)cc(Cl)c3)nc2c1C(C)C. The van der Waals surface area contributed by atoms with Crippen molar-refractivity contribution in [1.82, 2.24) is 29.2 Å². The largest absolute Gasteiger partial charge is 0.462 e. The number of imidazole rings is 2. The smallest absolute Gasteiger partial charge is 0.340 e. The third kappa shape index (κ3) is 8.26. The zero-order valence-electron chi connectivity index (χ0n) is 28.5. The van der Waals surface area contributed by atoms with Crippen molar-refractivity contribution < 1.29 is 19.1 Å². The highest BCUT2D eigenvalue weighted by molar-refractivity contribution is 6.36. The fraction of sp³-hybridized carbons (Fsp3) is 0.278. The summed E-state index contributed by atoms with van der Waals surface area (Å²) in [5.74, 6) is -0.744. The molecule has 0 unspecified atom stereocenters. The third-order valence-electron chi connectivity index (χ3n) is 7.60. The Morgan fingerprint density at radius 3 is 1.63 bits per heavy atom. The Hall–Kier alpha value is -3.93. The van der Waals surface area contributed by atoms with E-state index < -0.39 is 11.9 Å². The van der Waals surface area contributed by atoms with Crippen LogP contribution in [0.2, 0.25) is 25.2 Å². The summed E-state index contributed by atoms with van der Waals surface area (Å²) in [7, 11) is 0. The fourth-order valence-corrected chi connectivity index (χ4v) is 6.85. The van der Waals surface area contributed by atoms with E-state index in [1.54, 1.807) is 61.0 Å². The molecule has 51 heavy (non-hydrogen) atoms. The number of ether oxygens (including phenoxy) is 2. The van der Waals surface area contributed by atoms with Crippen LogP contribution in [0.3, 0.4) is 0 Å². The van der Waals surface area contributed by atoms with Gasteiger partial charge in [0.25, 0.3) is 0 Å². The van der Waals surface area contributed by atoms with Gasteiger partial charge in [0.05, 0.1) is 48.6 Å². The maximum Gasteiger partial charge on any atom is 0.340 e. The summed E-state index contributed by atoms with van der Waals surface area (Å²) < 4.78 is 13.4. The first-order chi connectivity index (χ1) is 24.2. The Kier molecular flexibility index (Phi) is 12.1. The molecule has 0 atom stereocenters. The van der Waals surface area contributed by atoms with Gasteiger partial charge < -0.3 is 9.47 Å². The lowest BCUT2D eigenvalue weighted by Crippen LogP contribution is -2.12. The van der Waals surface area contributed by atoms with Gasteiger partial charge in [0.2, 0.25) is 0 Å². The van der Waals surface area contributed by atoms with Crippen LogP contribution >= 0.6 is 58.0 Å². The molecule has 0 aliphatic rings. The summed E-state index contributed by atoms with van der Waals surface area (Å²) in [5, 5.41) is 10.9. The molecule has 15 heteroatoms. The summed E-state index contributed by atoms with van der Waals surface area (Å²) in [5.41, 5.74) is 6.09. The summed E-state index contributed by atoms with van der Waals surface area (Å²) in [6.45, 7) is 12.1. The van der Waals surface area contributed by atoms with Crippen molar-refractivity contribution in [1.29, 1.82) is 0 Å². The standard InChI is InChI=1S/C18H16Cl3N3O2.C18H17Cl2N3O2/c1-4-26-18(25)13-8-22-24-16(21)15(23-17(24)14(13)9(2)3)10-5-11(19)7-12(20)6-10;1-4-25-18(24)14-8-21-23-9-15(22-17(23)16(14)10(2)3)11-5-12(19)7-13(20)6-11/h5-9H,4H2,1-3H3;5-10H,4H2,1-3H3. The minimum absolute atomic E-state index is 0.00849. The van der Waals surface area contributed by atoms with Crippen LogP contribution in [0.15, 0.2) is 55.0 Å². The third-order valence-corrected chi connectivity index (χ3v) is 8.81. The van der Waals surface area contributed by atoms with Crippen molar-refractivity contribution in [3.05, 3.63) is 102 Å². The number of aromatic nitrogens is 6. The maximum atomic E-state index is 12.3. The van der Waals surface area contributed by atoms with Gasteiger partial charge in [0.15, 0.2) is 16.4 Å². The number of hydrogen-bond acceptors (Lipinski definition) is 8. The van der Waals surface area contributed by atoms with Crippen molar-refractivity contribution in [2.24, 2.45) is 0 Å². The normalized spacial score (nSPS) is 11.3. The minimum atomic E-state index is -0.433. The average Bonchev–Trinajstić information content (AvgIpc) is 3.64. The van der Waals surface area contributed by atoms with Gasteiger partial charge in [-0.15, -0.1) is 0 Å². The number of hydrogen-bond donors (Lipinski definition) is 0. The fourth-order valence-electron chi connectivity index (χ4n) is 5.53. The molecule has 0 saturated heterocycles. The molecule has 0 bridgehead atoms. The van der Waals surface area contributed by atoms with Crippen LogP contribution < -0.4 is 0 Å². The molecule has 0 aliphatic heterocycles. The van der Waals surface area contributed by atoms with Crippen molar-refractivity contribution in [2.45, 2.75) is 53.4 Å². The van der Waals surface area contributed by atoms with Crippen LogP contribution in [0.1, 0.15) is 85.2 Å². The highest BCUT2D eigenvalue weighted by Crippen LogP contribution is 2.35. The highest BCUT2D eigenvalue weighted by Gasteiger charge is 2.25. The van der Waals surface area contributed by atoms with Gasteiger partial charge in [-0.05, 0) is 62.1 Å². The predicted molar refractivity (Wildman–Crippen MR) is 202 cm³/mol. The van der Waals surface area contributed by atoms with Gasteiger partial charge in [-0.1, -0.05) is 85.7 Å². The van der Waals surface area contributed by atoms with Crippen LogP contribution in [0.5, 0.6) is 0 Å². The number of fused-ring (bicyclic) bond motifs is 2. The van der Waals surface area contributed by atoms with E-state index in [0.717, 1.165) is 16.7 Å². The van der Waals surface area contributed by atoms with Gasteiger partial charge in [0, 0.05) is 42.3 Å². The van der Waals surface area contributed by atoms with Crippen LogP contribution in [-0.4, -0.2) is 54.3 Å². The van der Waals surface area contributed by atoms with E-state index in [4.69, 9.17) is 67.5 Å². The first-order valence-electron chi connectivity index (χ1n) is 16.0. The lowest BCUT2D eigenvalue weighted by atomic mass is 10.00. The van der Waals surface area contributed by atoms with Gasteiger partial charge >= 0.3 is 11.9 Å². The average molecular weight is 791 g/mol. The Bertz CT molecular complexity index is 2230. The van der Waals surface area contributed by atoms with Crippen LogP contribution in [0, 0.1) is 0 Å². The molecule has 4 aromatic heterocycles. The van der Waals surface area contributed by atoms with Crippen molar-refractivity contribution in [3.63, 3.8) is 0 Å². The molecule has 6 aromatic rings. The first-order valence-corrected chi connectivity index (χ1v) is 17.8. The number of benzene rings is 2. The first kappa shape index (κ1) is 38.3. The van der Waals surface area contributed by atoms with Crippen LogP contribution in [0.25, 0.3) is 33.8 Å². The zero-order valence-corrected chi connectivity index (χ0v) is 32.3. The Labute approximate surface area is 319 Å². The topological polar surface area (TPSA) is 113 Å². The molecule has 0 saturated carbocycles. The van der Waals surface area contributed by atoms with E-state index >= 15 is 0 Å². The molecule has 0 N–H and O–H groups in total. The molecule has 10 nitrogen and oxygen atoms in total. The quantitative estimate of drug-likeness (QED) is 0.140. The van der Waals surface area contributed by atoms with Gasteiger partial charge in [0.1, 0.15) is 5.69 Å². The summed E-state index contributed by atoms with van der Waals surface area (Å²) in [4.78, 5) is 33.8. The van der Waals surface area contributed by atoms with E-state index in [-0.39, 0.29) is 18.4 Å². The second-order valence-corrected chi connectivity index (χ2v) is 14.0. The molecule has 0 spiro atoms. The molecule has 0 fully saturated rings. The van der Waals surface area contributed by atoms with Crippen molar-refractivity contribution in [2.75, 3.05) is 13.2 Å². The van der Waals surface area contributed by atoms with Gasteiger partial charge in [-0.25, -0.2) is 28.6 Å². The number of rotatable bonds is 8. The minimum Gasteiger partial charge on any atom is -0.462 e. The summed E-state index contributed by atoms with van der Waals surface area (Å²) >= 11 is 30.9. The number of carbonyl (C=O) groups is 2. The van der Waals surface area contributed by atoms with E-state index in [0.29, 0.717) is 71.2 Å². The lowest BCUT2D eigenvalue weighted by Gasteiger charge is -2.12. The van der Waals surface area contributed by atoms with Gasteiger partial charge in [-0.2, -0.15) is 10.2 Å². The lowest BCUT2D eigenvalue weighted by molar-refractivity contribution is 0.0514. The number of nitrogens with zero attached hydrogens (tertiary/aromatic N) is 6. The van der Waals surface area contributed by atoms with Crippen LogP contribution in [-0.2, 0) is 9.47 Å². The number of carbonyl (C=O) groups excluding carboxylic acids is 2. The van der Waals surface area contributed by atoms with E-state index in [2.05, 4.69) is 20.2 Å².